The van der Waals surface area contributed by atoms with Crippen LogP contribution >= 0.6 is 0 Å². The van der Waals surface area contributed by atoms with Crippen LogP contribution in [0.3, 0.4) is 0 Å². The highest BCUT2D eigenvalue weighted by molar-refractivity contribution is 7.89. The lowest BCUT2D eigenvalue weighted by Gasteiger charge is -2.13. The highest BCUT2D eigenvalue weighted by atomic mass is 32.2. The molecule has 0 saturated carbocycles. The number of ether oxygens (including phenoxy) is 1. The van der Waals surface area contributed by atoms with Crippen molar-refractivity contribution in [3.63, 3.8) is 0 Å². The van der Waals surface area contributed by atoms with Gasteiger partial charge in [0.25, 0.3) is 0 Å². The first-order valence-corrected chi connectivity index (χ1v) is 7.22. The van der Waals surface area contributed by atoms with Crippen molar-refractivity contribution in [2.45, 2.75) is 30.8 Å². The van der Waals surface area contributed by atoms with Crippen molar-refractivity contribution in [1.82, 2.24) is 4.72 Å². The van der Waals surface area contributed by atoms with Crippen LogP contribution in [-0.4, -0.2) is 27.5 Å². The number of benzene rings is 1. The summed E-state index contributed by atoms with van der Waals surface area (Å²) in [5, 5.41) is 0. The highest BCUT2D eigenvalue weighted by Crippen LogP contribution is 2.14. The van der Waals surface area contributed by atoms with Gasteiger partial charge in [-0.15, -0.1) is 0 Å². The molecule has 0 bridgehead atoms. The molecule has 0 radical (unpaired) electrons. The Morgan fingerprint density at radius 2 is 1.79 bits per heavy atom. The van der Waals surface area contributed by atoms with Crippen molar-refractivity contribution in [3.8, 4) is 0 Å². The van der Waals surface area contributed by atoms with Crippen LogP contribution in [0.1, 0.15) is 25.5 Å². The topological polar surface area (TPSA) is 98.5 Å². The van der Waals surface area contributed by atoms with Gasteiger partial charge < -0.3 is 10.5 Å². The minimum absolute atomic E-state index is 0.0765. The fraction of sp³-hybridized carbons (Fsp3) is 0.417. The molecule has 2 atom stereocenters. The van der Waals surface area contributed by atoms with Gasteiger partial charge in [0.15, 0.2) is 0 Å². The van der Waals surface area contributed by atoms with Crippen LogP contribution in [-0.2, 0) is 19.6 Å². The lowest BCUT2D eigenvalue weighted by Crippen LogP contribution is -2.39. The molecule has 2 unspecified atom stereocenters. The fourth-order valence-corrected chi connectivity index (χ4v) is 2.67. The molecule has 7 heteroatoms. The lowest BCUT2D eigenvalue weighted by molar-refractivity contribution is -0.142. The molecule has 106 valence electrons. The van der Waals surface area contributed by atoms with Crippen molar-refractivity contribution in [1.29, 1.82) is 0 Å². The normalized spacial score (nSPS) is 14.7. The van der Waals surface area contributed by atoms with Crippen molar-refractivity contribution in [2.24, 2.45) is 5.73 Å². The minimum Gasteiger partial charge on any atom is -0.468 e. The first kappa shape index (κ1) is 15.6. The molecule has 1 aromatic carbocycles. The Hall–Kier alpha value is -1.44. The third-order valence-electron chi connectivity index (χ3n) is 2.60. The number of methoxy groups -OCH3 is 1. The first-order valence-electron chi connectivity index (χ1n) is 5.73. The van der Waals surface area contributed by atoms with Gasteiger partial charge in [-0.1, -0.05) is 12.1 Å². The number of rotatable bonds is 5. The fourth-order valence-electron chi connectivity index (χ4n) is 1.48. The van der Waals surface area contributed by atoms with E-state index in [0.717, 1.165) is 5.56 Å². The largest absolute Gasteiger partial charge is 0.468 e. The van der Waals surface area contributed by atoms with Gasteiger partial charge in [-0.05, 0) is 31.5 Å². The zero-order valence-corrected chi connectivity index (χ0v) is 11.9. The summed E-state index contributed by atoms with van der Waals surface area (Å²) in [4.78, 5) is 11.3. The van der Waals surface area contributed by atoms with E-state index < -0.39 is 22.0 Å². The Bertz CT molecular complexity index is 537. The molecule has 6 nitrogen and oxygen atoms in total. The van der Waals surface area contributed by atoms with Crippen molar-refractivity contribution >= 4 is 16.0 Å². The van der Waals surface area contributed by atoms with E-state index in [0.29, 0.717) is 0 Å². The lowest BCUT2D eigenvalue weighted by atomic mass is 10.1. The number of nitrogens with two attached hydrogens (primary N) is 1. The van der Waals surface area contributed by atoms with Crippen LogP contribution in [0.2, 0.25) is 0 Å². The number of carbonyl (C=O) groups excluding carboxylic acids is 1. The summed E-state index contributed by atoms with van der Waals surface area (Å²) in [6.07, 6.45) is 0. The van der Waals surface area contributed by atoms with Gasteiger partial charge in [-0.3, -0.25) is 4.79 Å². The molecule has 0 heterocycles. The van der Waals surface area contributed by atoms with E-state index in [4.69, 9.17) is 5.73 Å². The average Bonchev–Trinajstić information content (AvgIpc) is 2.37. The summed E-state index contributed by atoms with van der Waals surface area (Å²) >= 11 is 0. The minimum atomic E-state index is -3.75. The van der Waals surface area contributed by atoms with Gasteiger partial charge >= 0.3 is 5.97 Å². The van der Waals surface area contributed by atoms with E-state index in [1.54, 1.807) is 19.1 Å². The summed E-state index contributed by atoms with van der Waals surface area (Å²) in [6.45, 7) is 3.22. The van der Waals surface area contributed by atoms with Crippen molar-refractivity contribution in [2.75, 3.05) is 7.11 Å². The Kier molecular flexibility index (Phi) is 5.04. The molecule has 19 heavy (non-hydrogen) atoms. The van der Waals surface area contributed by atoms with E-state index in [1.165, 1.54) is 26.2 Å². The van der Waals surface area contributed by atoms with Gasteiger partial charge in [0, 0.05) is 6.04 Å². The third-order valence-corrected chi connectivity index (χ3v) is 4.16. The maximum atomic E-state index is 12.0. The summed E-state index contributed by atoms with van der Waals surface area (Å²) in [5.74, 6) is -0.643. The average molecular weight is 286 g/mol. The molecule has 1 rings (SSSR count). The van der Waals surface area contributed by atoms with Gasteiger partial charge in [0.05, 0.1) is 12.0 Å². The van der Waals surface area contributed by atoms with Crippen LogP contribution in [0, 0.1) is 0 Å². The zero-order chi connectivity index (χ0) is 14.6. The van der Waals surface area contributed by atoms with E-state index in [9.17, 15) is 13.2 Å². The molecule has 0 saturated heterocycles. The third kappa shape index (κ3) is 4.02. The van der Waals surface area contributed by atoms with Crippen LogP contribution in [0.15, 0.2) is 29.2 Å². The van der Waals surface area contributed by atoms with E-state index in [2.05, 4.69) is 9.46 Å². The summed E-state index contributed by atoms with van der Waals surface area (Å²) in [7, 11) is -2.55. The van der Waals surface area contributed by atoms with Crippen LogP contribution in [0.5, 0.6) is 0 Å². The first-order chi connectivity index (χ1) is 8.77. The van der Waals surface area contributed by atoms with Gasteiger partial charge in [0.1, 0.15) is 6.04 Å². The SMILES string of the molecule is COC(=O)C(C)NS(=O)(=O)c1ccc(C(C)N)cc1. The zero-order valence-electron chi connectivity index (χ0n) is 11.1. The maximum Gasteiger partial charge on any atom is 0.323 e. The summed E-state index contributed by atoms with van der Waals surface area (Å²) in [6, 6.07) is 5.07. The van der Waals surface area contributed by atoms with E-state index in [-0.39, 0.29) is 10.9 Å². The predicted octanol–water partition coefficient (Wildman–Crippen LogP) is 0.546. The molecule has 0 spiro atoms. The highest BCUT2D eigenvalue weighted by Gasteiger charge is 2.22. The van der Waals surface area contributed by atoms with Gasteiger partial charge in [0.2, 0.25) is 10.0 Å². The number of carbonyl (C=O) groups is 1. The Morgan fingerprint density at radius 1 is 1.26 bits per heavy atom. The van der Waals surface area contributed by atoms with Crippen LogP contribution in [0.4, 0.5) is 0 Å². The number of sulfonamides is 1. The maximum absolute atomic E-state index is 12.0. The van der Waals surface area contributed by atoms with Crippen LogP contribution in [0.25, 0.3) is 0 Å². The number of hydrogen-bond acceptors (Lipinski definition) is 5. The molecule has 0 aliphatic rings. The Labute approximate surface area is 113 Å². The van der Waals surface area contributed by atoms with Crippen molar-refractivity contribution in [3.05, 3.63) is 29.8 Å². The second kappa shape index (κ2) is 6.14. The van der Waals surface area contributed by atoms with Crippen LogP contribution < -0.4 is 10.5 Å². The number of hydrogen-bond donors (Lipinski definition) is 2. The molecule has 0 amide bonds. The Morgan fingerprint density at radius 3 is 2.21 bits per heavy atom. The van der Waals surface area contributed by atoms with Gasteiger partial charge in [-0.25, -0.2) is 8.42 Å². The molecule has 1 aromatic rings. The molecule has 3 N–H and O–H groups in total. The van der Waals surface area contributed by atoms with E-state index in [1.807, 2.05) is 0 Å². The molecule has 0 aromatic heterocycles. The quantitative estimate of drug-likeness (QED) is 0.770. The number of esters is 1. The van der Waals surface area contributed by atoms with Gasteiger partial charge in [-0.2, -0.15) is 4.72 Å². The standard InChI is InChI=1S/C12H18N2O4S/c1-8(13)10-4-6-11(7-5-10)19(16,17)14-9(2)12(15)18-3/h4-9,14H,13H2,1-3H3. The molecule has 0 fully saturated rings. The molecular formula is C12H18N2O4S. The second-order valence-electron chi connectivity index (χ2n) is 4.22. The van der Waals surface area contributed by atoms with Crippen molar-refractivity contribution < 1.29 is 17.9 Å². The monoisotopic (exact) mass is 286 g/mol. The Balaban J connectivity index is 2.91. The second-order valence-corrected chi connectivity index (χ2v) is 5.94. The van der Waals surface area contributed by atoms with E-state index >= 15 is 0 Å². The summed E-state index contributed by atoms with van der Waals surface area (Å²) in [5.41, 5.74) is 6.52. The smallest absolute Gasteiger partial charge is 0.323 e. The molecular weight excluding hydrogens is 268 g/mol. The number of nitrogens with one attached hydrogen (secondary N) is 1. The summed E-state index contributed by atoms with van der Waals surface area (Å²) < 4.78 is 30.7. The predicted molar refractivity (Wildman–Crippen MR) is 70.8 cm³/mol. The molecule has 0 aliphatic carbocycles. The molecule has 0 aliphatic heterocycles.